The van der Waals surface area contributed by atoms with Crippen LogP contribution in [0.3, 0.4) is 0 Å². The van der Waals surface area contributed by atoms with Crippen LogP contribution >= 0.6 is 0 Å². The van der Waals surface area contributed by atoms with E-state index in [0.29, 0.717) is 25.1 Å². The van der Waals surface area contributed by atoms with Gasteiger partial charge in [0.05, 0.1) is 12.6 Å². The summed E-state index contributed by atoms with van der Waals surface area (Å²) < 4.78 is 5.11. The zero-order chi connectivity index (χ0) is 13.5. The van der Waals surface area contributed by atoms with Crippen LogP contribution in [-0.2, 0) is 9.53 Å². The third-order valence-electron chi connectivity index (χ3n) is 3.03. The molecule has 0 radical (unpaired) electrons. The van der Waals surface area contributed by atoms with Gasteiger partial charge in [0, 0.05) is 32.8 Å². The molecule has 5 heteroatoms. The van der Waals surface area contributed by atoms with Crippen molar-refractivity contribution in [3.8, 4) is 0 Å². The third-order valence-corrected chi connectivity index (χ3v) is 3.03. The summed E-state index contributed by atoms with van der Waals surface area (Å²) in [5.41, 5.74) is 5.46. The fraction of sp³-hybridized carbons (Fsp3) is 0.923. The number of methoxy groups -OCH3 is 1. The maximum absolute atomic E-state index is 11.5. The number of nitrogens with one attached hydrogen (secondary N) is 1. The summed E-state index contributed by atoms with van der Waals surface area (Å²) in [7, 11) is 1.70. The Morgan fingerprint density at radius 3 is 2.56 bits per heavy atom. The van der Waals surface area contributed by atoms with Crippen LogP contribution in [-0.4, -0.2) is 56.2 Å². The van der Waals surface area contributed by atoms with Gasteiger partial charge in [0.25, 0.3) is 0 Å². The quantitative estimate of drug-likeness (QED) is 0.586. The first-order valence-electron chi connectivity index (χ1n) is 6.79. The van der Waals surface area contributed by atoms with Gasteiger partial charge in [-0.05, 0) is 18.8 Å². The van der Waals surface area contributed by atoms with Gasteiger partial charge in [-0.2, -0.15) is 0 Å². The molecular formula is C13H27N3O2. The Balaban J connectivity index is 2.44. The van der Waals surface area contributed by atoms with Crippen LogP contribution < -0.4 is 11.1 Å². The molecular weight excluding hydrogens is 230 g/mol. The lowest BCUT2D eigenvalue weighted by atomic mass is 10.1. The van der Waals surface area contributed by atoms with E-state index in [1.54, 1.807) is 7.11 Å². The van der Waals surface area contributed by atoms with Gasteiger partial charge in [0.1, 0.15) is 0 Å². The first-order valence-corrected chi connectivity index (χ1v) is 6.79. The van der Waals surface area contributed by atoms with Gasteiger partial charge in [-0.15, -0.1) is 0 Å². The molecule has 1 atom stereocenters. The predicted octanol–water partition coefficient (Wildman–Crippen LogP) is 0.197. The summed E-state index contributed by atoms with van der Waals surface area (Å²) in [5, 5.41) is 3.31. The smallest absolute Gasteiger partial charge is 0.235 e. The van der Waals surface area contributed by atoms with Crippen LogP contribution in [0, 0.1) is 5.92 Å². The molecule has 18 heavy (non-hydrogen) atoms. The zero-order valence-corrected chi connectivity index (χ0v) is 11.8. The number of hydrogen-bond acceptors (Lipinski definition) is 4. The predicted molar refractivity (Wildman–Crippen MR) is 72.3 cm³/mol. The fourth-order valence-corrected chi connectivity index (χ4v) is 2.01. The zero-order valence-electron chi connectivity index (χ0n) is 11.8. The number of amides is 1. The van der Waals surface area contributed by atoms with Gasteiger partial charge in [0.15, 0.2) is 0 Å². The number of primary amides is 1. The molecule has 1 rings (SSSR count). The average Bonchev–Trinajstić information content (AvgIpc) is 3.07. The van der Waals surface area contributed by atoms with Crippen molar-refractivity contribution in [3.05, 3.63) is 0 Å². The van der Waals surface area contributed by atoms with Crippen molar-refractivity contribution in [3.63, 3.8) is 0 Å². The van der Waals surface area contributed by atoms with E-state index in [2.05, 4.69) is 24.1 Å². The Hall–Kier alpha value is -0.650. The molecule has 1 amide bonds. The van der Waals surface area contributed by atoms with E-state index < -0.39 is 0 Å². The van der Waals surface area contributed by atoms with Gasteiger partial charge in [-0.25, -0.2) is 0 Å². The highest BCUT2D eigenvalue weighted by Gasteiger charge is 2.28. The van der Waals surface area contributed by atoms with Crippen LogP contribution in [0.5, 0.6) is 0 Å². The maximum atomic E-state index is 11.5. The van der Waals surface area contributed by atoms with E-state index in [9.17, 15) is 4.79 Å². The van der Waals surface area contributed by atoms with E-state index in [1.165, 1.54) is 0 Å². The number of rotatable bonds is 10. The molecule has 0 aromatic heterocycles. The molecule has 3 N–H and O–H groups in total. The lowest BCUT2D eigenvalue weighted by Gasteiger charge is -2.27. The summed E-state index contributed by atoms with van der Waals surface area (Å²) in [6, 6.07) is 0.249. The molecule has 0 bridgehead atoms. The maximum Gasteiger partial charge on any atom is 0.235 e. The van der Waals surface area contributed by atoms with Crippen molar-refractivity contribution in [2.24, 2.45) is 11.7 Å². The van der Waals surface area contributed by atoms with Crippen LogP contribution in [0.2, 0.25) is 0 Å². The second kappa shape index (κ2) is 7.71. The molecule has 0 saturated heterocycles. The monoisotopic (exact) mass is 257 g/mol. The number of nitrogens with two attached hydrogens (primary N) is 1. The Morgan fingerprint density at radius 2 is 2.11 bits per heavy atom. The largest absolute Gasteiger partial charge is 0.383 e. The van der Waals surface area contributed by atoms with Crippen LogP contribution in [0.25, 0.3) is 0 Å². The molecule has 106 valence electrons. The number of ether oxygens (including phenoxy) is 1. The van der Waals surface area contributed by atoms with Crippen molar-refractivity contribution < 1.29 is 9.53 Å². The van der Waals surface area contributed by atoms with Gasteiger partial charge in [-0.3, -0.25) is 9.69 Å². The Morgan fingerprint density at radius 1 is 1.44 bits per heavy atom. The van der Waals surface area contributed by atoms with Gasteiger partial charge < -0.3 is 15.8 Å². The Labute approximate surface area is 110 Å². The van der Waals surface area contributed by atoms with E-state index in [1.807, 2.05) is 0 Å². The molecule has 1 aliphatic carbocycles. The second-order valence-corrected chi connectivity index (χ2v) is 5.54. The van der Waals surface area contributed by atoms with E-state index in [-0.39, 0.29) is 11.9 Å². The van der Waals surface area contributed by atoms with E-state index >= 15 is 0 Å². The highest BCUT2D eigenvalue weighted by atomic mass is 16.5. The molecule has 0 aromatic rings. The molecule has 0 aliphatic heterocycles. The van der Waals surface area contributed by atoms with Crippen molar-refractivity contribution in [1.29, 1.82) is 0 Å². The number of nitrogens with zero attached hydrogens (tertiary/aromatic N) is 1. The lowest BCUT2D eigenvalue weighted by Crippen LogP contribution is -2.51. The average molecular weight is 257 g/mol. The van der Waals surface area contributed by atoms with Crippen molar-refractivity contribution in [2.45, 2.75) is 38.8 Å². The minimum atomic E-state index is -0.256. The Bertz CT molecular complexity index is 255. The van der Waals surface area contributed by atoms with Crippen LogP contribution in [0.4, 0.5) is 0 Å². The van der Waals surface area contributed by atoms with Gasteiger partial charge in [-0.1, -0.05) is 13.8 Å². The first kappa shape index (κ1) is 15.4. The summed E-state index contributed by atoms with van der Waals surface area (Å²) in [4.78, 5) is 13.7. The minimum Gasteiger partial charge on any atom is -0.383 e. The van der Waals surface area contributed by atoms with Gasteiger partial charge >= 0.3 is 0 Å². The topological polar surface area (TPSA) is 67.6 Å². The third kappa shape index (κ3) is 6.33. The molecule has 1 aliphatic rings. The highest BCUT2D eigenvalue weighted by molar-refractivity contribution is 5.80. The second-order valence-electron chi connectivity index (χ2n) is 5.54. The summed E-state index contributed by atoms with van der Waals surface area (Å²) in [6.07, 6.45) is 2.32. The summed E-state index contributed by atoms with van der Waals surface area (Å²) >= 11 is 0. The van der Waals surface area contributed by atoms with E-state index in [0.717, 1.165) is 25.9 Å². The lowest BCUT2D eigenvalue weighted by molar-refractivity contribution is -0.120. The molecule has 0 aromatic carbocycles. The van der Waals surface area contributed by atoms with Crippen LogP contribution in [0.1, 0.15) is 26.7 Å². The standard InChI is InChI=1S/C13H27N3O2/c1-10(2)8-16(6-7-18-3)9-12(13(14)17)15-11-4-5-11/h10-12,15H,4-9H2,1-3H3,(H2,14,17). The fourth-order valence-electron chi connectivity index (χ4n) is 2.01. The van der Waals surface area contributed by atoms with Crippen LogP contribution in [0.15, 0.2) is 0 Å². The number of carbonyl (C=O) groups is 1. The van der Waals surface area contributed by atoms with Crippen molar-refractivity contribution in [1.82, 2.24) is 10.2 Å². The Kier molecular flexibility index (Phi) is 6.60. The number of hydrogen-bond donors (Lipinski definition) is 2. The van der Waals surface area contributed by atoms with Crippen molar-refractivity contribution >= 4 is 5.91 Å². The SMILES string of the molecule is COCCN(CC(C)C)CC(NC1CC1)C(N)=O. The molecule has 0 heterocycles. The summed E-state index contributed by atoms with van der Waals surface area (Å²) in [5.74, 6) is 0.310. The molecule has 1 saturated carbocycles. The molecule has 0 spiro atoms. The first-order chi connectivity index (χ1) is 8.52. The molecule has 1 unspecified atom stereocenters. The highest BCUT2D eigenvalue weighted by Crippen LogP contribution is 2.19. The van der Waals surface area contributed by atoms with Crippen molar-refractivity contribution in [2.75, 3.05) is 33.4 Å². The van der Waals surface area contributed by atoms with Gasteiger partial charge in [0.2, 0.25) is 5.91 Å². The number of carbonyl (C=O) groups excluding carboxylic acids is 1. The minimum absolute atomic E-state index is 0.242. The van der Waals surface area contributed by atoms with E-state index in [4.69, 9.17) is 10.5 Å². The molecule has 5 nitrogen and oxygen atoms in total. The summed E-state index contributed by atoms with van der Waals surface area (Å²) in [6.45, 7) is 7.50. The normalized spacial score (nSPS) is 17.4. The molecule has 1 fully saturated rings.